The normalized spacial score (nSPS) is 11.4. The van der Waals surface area contributed by atoms with Crippen LogP contribution in [0.2, 0.25) is 0 Å². The highest BCUT2D eigenvalue weighted by Crippen LogP contribution is 2.22. The van der Waals surface area contributed by atoms with E-state index in [0.717, 1.165) is 12.3 Å². The molecule has 1 aromatic carbocycles. The van der Waals surface area contributed by atoms with Crippen molar-refractivity contribution in [3.63, 3.8) is 0 Å². The van der Waals surface area contributed by atoms with Crippen LogP contribution >= 0.6 is 0 Å². The van der Waals surface area contributed by atoms with Crippen LogP contribution in [0.15, 0.2) is 30.5 Å². The first-order valence-electron chi connectivity index (χ1n) is 7.03. The summed E-state index contributed by atoms with van der Waals surface area (Å²) in [7, 11) is 1.68. The molecule has 0 saturated carbocycles. The molecule has 0 aliphatic rings. The van der Waals surface area contributed by atoms with Crippen LogP contribution in [0.5, 0.6) is 5.75 Å². The van der Waals surface area contributed by atoms with Gasteiger partial charge in [0, 0.05) is 30.8 Å². The van der Waals surface area contributed by atoms with Crippen LogP contribution in [0.25, 0.3) is 10.9 Å². The molecule has 110 valence electrons. The van der Waals surface area contributed by atoms with E-state index in [2.05, 4.69) is 29.0 Å². The van der Waals surface area contributed by atoms with E-state index in [9.17, 15) is 0 Å². The Morgan fingerprint density at radius 3 is 2.70 bits per heavy atom. The lowest BCUT2D eigenvalue weighted by molar-refractivity contribution is 0.0670. The van der Waals surface area contributed by atoms with Gasteiger partial charge in [0.15, 0.2) is 0 Å². The Morgan fingerprint density at radius 1 is 1.10 bits per heavy atom. The number of rotatable bonds is 8. The lowest BCUT2D eigenvalue weighted by Crippen LogP contribution is -2.08. The molecule has 0 unspecified atom stereocenters. The number of fused-ring (bicyclic) bond motifs is 1. The molecule has 20 heavy (non-hydrogen) atoms. The molecule has 2 rings (SSSR count). The molecule has 0 atom stereocenters. The maximum absolute atomic E-state index is 5.71. The largest absolute Gasteiger partial charge is 0.491 e. The fraction of sp³-hybridized carbons (Fsp3) is 0.500. The molecule has 0 N–H and O–H groups in total. The second-order valence-electron chi connectivity index (χ2n) is 5.00. The number of benzene rings is 1. The van der Waals surface area contributed by atoms with E-state index in [1.54, 1.807) is 7.11 Å². The third-order valence-corrected chi connectivity index (χ3v) is 3.02. The third kappa shape index (κ3) is 3.99. The van der Waals surface area contributed by atoms with Gasteiger partial charge < -0.3 is 18.8 Å². The summed E-state index contributed by atoms with van der Waals surface area (Å²) in [6.07, 6.45) is 2.28. The maximum atomic E-state index is 5.71. The summed E-state index contributed by atoms with van der Waals surface area (Å²) < 4.78 is 18.4. The molecular formula is C16H23NO3. The second-order valence-corrected chi connectivity index (χ2v) is 5.00. The Balaban J connectivity index is 1.97. The molecule has 4 nitrogen and oxygen atoms in total. The zero-order valence-electron chi connectivity index (χ0n) is 12.5. The summed E-state index contributed by atoms with van der Waals surface area (Å²) in [5.74, 6) is 0.918. The van der Waals surface area contributed by atoms with Gasteiger partial charge in [-0.1, -0.05) is 0 Å². The van der Waals surface area contributed by atoms with Gasteiger partial charge in [-0.3, -0.25) is 0 Å². The van der Waals surface area contributed by atoms with E-state index in [4.69, 9.17) is 14.2 Å². The van der Waals surface area contributed by atoms with E-state index in [1.165, 1.54) is 10.9 Å². The van der Waals surface area contributed by atoms with E-state index in [1.807, 2.05) is 19.9 Å². The van der Waals surface area contributed by atoms with Crippen LogP contribution in [-0.2, 0) is 16.0 Å². The molecule has 1 aromatic heterocycles. The Kier molecular flexibility index (Phi) is 5.44. The Bertz CT molecular complexity index is 534. The fourth-order valence-electron chi connectivity index (χ4n) is 2.13. The van der Waals surface area contributed by atoms with Crippen molar-refractivity contribution in [2.75, 3.05) is 26.9 Å². The first-order valence-corrected chi connectivity index (χ1v) is 7.03. The summed E-state index contributed by atoms with van der Waals surface area (Å²) in [5.41, 5.74) is 1.21. The minimum atomic E-state index is 0.198. The van der Waals surface area contributed by atoms with Crippen molar-refractivity contribution in [2.24, 2.45) is 0 Å². The van der Waals surface area contributed by atoms with Crippen LogP contribution in [-0.4, -0.2) is 37.6 Å². The van der Waals surface area contributed by atoms with Crippen molar-refractivity contribution in [1.82, 2.24) is 4.57 Å². The van der Waals surface area contributed by atoms with Crippen molar-refractivity contribution in [3.05, 3.63) is 30.5 Å². The average molecular weight is 277 g/mol. The molecule has 1 heterocycles. The lowest BCUT2D eigenvalue weighted by atomic mass is 10.2. The SMILES string of the molecule is COCCOCCn1ccc2cc(OC(C)C)ccc21. The van der Waals surface area contributed by atoms with Crippen LogP contribution in [0.4, 0.5) is 0 Å². The van der Waals surface area contributed by atoms with Crippen LogP contribution in [0.1, 0.15) is 13.8 Å². The standard InChI is InChI=1S/C16H23NO3/c1-13(2)20-15-4-5-16-14(12-15)6-7-17(16)8-9-19-11-10-18-3/h4-7,12-13H,8-11H2,1-3H3. The highest BCUT2D eigenvalue weighted by Gasteiger charge is 2.04. The second kappa shape index (κ2) is 7.31. The van der Waals surface area contributed by atoms with Crippen LogP contribution in [0.3, 0.4) is 0 Å². The molecule has 0 saturated heterocycles. The zero-order valence-corrected chi connectivity index (χ0v) is 12.5. The number of nitrogens with zero attached hydrogens (tertiary/aromatic N) is 1. The highest BCUT2D eigenvalue weighted by atomic mass is 16.5. The van der Waals surface area contributed by atoms with Gasteiger partial charge in [0.1, 0.15) is 5.75 Å². The predicted octanol–water partition coefficient (Wildman–Crippen LogP) is 3.09. The highest BCUT2D eigenvalue weighted by molar-refractivity contribution is 5.81. The quantitative estimate of drug-likeness (QED) is 0.695. The molecule has 0 aliphatic heterocycles. The average Bonchev–Trinajstić information content (AvgIpc) is 2.80. The Labute approximate surface area is 120 Å². The molecule has 4 heteroatoms. The van der Waals surface area contributed by atoms with Gasteiger partial charge in [0.25, 0.3) is 0 Å². The van der Waals surface area contributed by atoms with E-state index in [-0.39, 0.29) is 6.10 Å². The monoisotopic (exact) mass is 277 g/mol. The van der Waals surface area contributed by atoms with Crippen molar-refractivity contribution in [3.8, 4) is 5.75 Å². The van der Waals surface area contributed by atoms with Gasteiger partial charge in [0.2, 0.25) is 0 Å². The Morgan fingerprint density at radius 2 is 1.95 bits per heavy atom. The van der Waals surface area contributed by atoms with Crippen molar-refractivity contribution < 1.29 is 14.2 Å². The summed E-state index contributed by atoms with van der Waals surface area (Å²) in [6, 6.07) is 8.31. The molecule has 0 fully saturated rings. The van der Waals surface area contributed by atoms with Gasteiger partial charge in [-0.25, -0.2) is 0 Å². The zero-order chi connectivity index (χ0) is 14.4. The third-order valence-electron chi connectivity index (χ3n) is 3.02. The van der Waals surface area contributed by atoms with Gasteiger partial charge in [0.05, 0.1) is 25.9 Å². The predicted molar refractivity (Wildman–Crippen MR) is 80.4 cm³/mol. The first kappa shape index (κ1) is 14.9. The van der Waals surface area contributed by atoms with Crippen LogP contribution < -0.4 is 4.74 Å². The van der Waals surface area contributed by atoms with Gasteiger partial charge in [-0.2, -0.15) is 0 Å². The Hall–Kier alpha value is -1.52. The van der Waals surface area contributed by atoms with Crippen molar-refractivity contribution in [1.29, 1.82) is 0 Å². The van der Waals surface area contributed by atoms with Gasteiger partial charge in [-0.05, 0) is 38.1 Å². The van der Waals surface area contributed by atoms with E-state index < -0.39 is 0 Å². The van der Waals surface area contributed by atoms with Crippen molar-refractivity contribution >= 4 is 10.9 Å². The van der Waals surface area contributed by atoms with E-state index in [0.29, 0.717) is 19.8 Å². The smallest absolute Gasteiger partial charge is 0.120 e. The topological polar surface area (TPSA) is 32.6 Å². The molecule has 0 amide bonds. The summed E-state index contributed by atoms with van der Waals surface area (Å²) in [6.45, 7) is 6.89. The molecular weight excluding hydrogens is 254 g/mol. The fourth-order valence-corrected chi connectivity index (χ4v) is 2.13. The summed E-state index contributed by atoms with van der Waals surface area (Å²) in [5, 5.41) is 1.19. The molecule has 0 aliphatic carbocycles. The van der Waals surface area contributed by atoms with Crippen LogP contribution in [0, 0.1) is 0 Å². The number of ether oxygens (including phenoxy) is 3. The minimum Gasteiger partial charge on any atom is -0.491 e. The number of hydrogen-bond donors (Lipinski definition) is 0. The summed E-state index contributed by atoms with van der Waals surface area (Å²) in [4.78, 5) is 0. The molecule has 2 aromatic rings. The van der Waals surface area contributed by atoms with E-state index >= 15 is 0 Å². The first-order chi connectivity index (χ1) is 9.70. The number of aromatic nitrogens is 1. The number of hydrogen-bond acceptors (Lipinski definition) is 3. The van der Waals surface area contributed by atoms with Gasteiger partial charge in [-0.15, -0.1) is 0 Å². The maximum Gasteiger partial charge on any atom is 0.120 e. The minimum absolute atomic E-state index is 0.198. The molecule has 0 radical (unpaired) electrons. The summed E-state index contributed by atoms with van der Waals surface area (Å²) >= 11 is 0. The van der Waals surface area contributed by atoms with Crippen molar-refractivity contribution in [2.45, 2.75) is 26.5 Å². The van der Waals surface area contributed by atoms with Gasteiger partial charge >= 0.3 is 0 Å². The molecule has 0 spiro atoms. The number of methoxy groups -OCH3 is 1. The molecule has 0 bridgehead atoms. The lowest BCUT2D eigenvalue weighted by Gasteiger charge is -2.10.